The first-order valence-electron chi connectivity index (χ1n) is 17.6. The van der Waals surface area contributed by atoms with Gasteiger partial charge in [0, 0.05) is 27.5 Å². The van der Waals surface area contributed by atoms with Crippen molar-refractivity contribution < 1.29 is 4.42 Å². The molecule has 0 aliphatic carbocycles. The van der Waals surface area contributed by atoms with Gasteiger partial charge in [0.1, 0.15) is 23.2 Å². The Kier molecular flexibility index (Phi) is 8.11. The van der Waals surface area contributed by atoms with Crippen LogP contribution in [0.25, 0.3) is 65.7 Å². The average molecular weight is 670 g/mol. The fourth-order valence-electron chi connectivity index (χ4n) is 7.18. The van der Waals surface area contributed by atoms with Crippen molar-refractivity contribution in [1.82, 2.24) is 5.32 Å². The van der Waals surface area contributed by atoms with E-state index >= 15 is 0 Å². The van der Waals surface area contributed by atoms with Crippen LogP contribution in [-0.2, 0) is 6.54 Å². The van der Waals surface area contributed by atoms with E-state index in [1.54, 1.807) is 0 Å². The molecular formula is C48H35N3O. The summed E-state index contributed by atoms with van der Waals surface area (Å²) < 4.78 is 6.66. The molecule has 1 aromatic heterocycles. The Balaban J connectivity index is 1.12. The number of nitrogens with one attached hydrogen (secondary N) is 1. The Morgan fingerprint density at radius 1 is 0.577 bits per heavy atom. The molecule has 4 nitrogen and oxygen atoms in total. The quantitative estimate of drug-likeness (QED) is 0.129. The first kappa shape index (κ1) is 31.2. The molecule has 0 saturated carbocycles. The molecule has 0 aliphatic rings. The third kappa shape index (κ3) is 5.91. The smallest absolute Gasteiger partial charge is 0.145 e. The number of nitrogens with zero attached hydrogens (tertiary/aromatic N) is 2. The fraction of sp³-hybridized carbons (Fsp3) is 0.0417. The molecule has 1 N–H and O–H groups in total. The van der Waals surface area contributed by atoms with Gasteiger partial charge in [-0.1, -0.05) is 158 Å². The average Bonchev–Trinajstić information content (AvgIpc) is 3.61. The van der Waals surface area contributed by atoms with Gasteiger partial charge in [-0.05, 0) is 68.7 Å². The maximum atomic E-state index is 6.66. The molecule has 9 aromatic rings. The second-order valence-electron chi connectivity index (χ2n) is 13.1. The van der Waals surface area contributed by atoms with E-state index in [9.17, 15) is 0 Å². The molecule has 1 atom stereocenters. The zero-order valence-electron chi connectivity index (χ0n) is 28.5. The topological polar surface area (TPSA) is 49.9 Å². The number of rotatable bonds is 8. The third-order valence-electron chi connectivity index (χ3n) is 9.87. The van der Waals surface area contributed by atoms with Crippen LogP contribution in [-0.4, -0.2) is 12.6 Å². The minimum absolute atomic E-state index is 0.492. The number of aliphatic imine (C=N–C) groups is 2. The SMILES string of the molecule is C=NC(NC(=NCc1ccccc1)c1ccc2ccccc2c1)c1ccc(-c2ccc(-c3ccc4ccccc4c3)cc2)c2oc3ccccc3c12. The number of hydrogen-bond acceptors (Lipinski definition) is 3. The van der Waals surface area contributed by atoms with Crippen LogP contribution in [0, 0.1) is 0 Å². The van der Waals surface area contributed by atoms with Gasteiger partial charge in [0.15, 0.2) is 0 Å². The van der Waals surface area contributed by atoms with Crippen LogP contribution in [0.1, 0.15) is 22.9 Å². The number of benzene rings is 8. The summed E-state index contributed by atoms with van der Waals surface area (Å²) >= 11 is 0. The minimum Gasteiger partial charge on any atom is -0.455 e. The molecule has 0 amide bonds. The normalized spacial score (nSPS) is 12.4. The molecule has 0 radical (unpaired) electrons. The predicted molar refractivity (Wildman–Crippen MR) is 218 cm³/mol. The van der Waals surface area contributed by atoms with E-state index in [4.69, 9.17) is 9.41 Å². The molecule has 8 aromatic carbocycles. The van der Waals surface area contributed by atoms with Gasteiger partial charge in [0.05, 0.1) is 6.54 Å². The van der Waals surface area contributed by atoms with Gasteiger partial charge in [-0.25, -0.2) is 0 Å². The summed E-state index contributed by atoms with van der Waals surface area (Å²) in [5, 5.41) is 10.5. The predicted octanol–water partition coefficient (Wildman–Crippen LogP) is 12.2. The van der Waals surface area contributed by atoms with E-state index in [0.29, 0.717) is 6.54 Å². The Morgan fingerprint density at radius 2 is 1.21 bits per heavy atom. The van der Waals surface area contributed by atoms with E-state index in [-0.39, 0.29) is 0 Å². The highest BCUT2D eigenvalue weighted by Gasteiger charge is 2.22. The molecule has 1 unspecified atom stereocenters. The van der Waals surface area contributed by atoms with Crippen LogP contribution in [0.4, 0.5) is 0 Å². The van der Waals surface area contributed by atoms with Gasteiger partial charge in [-0.15, -0.1) is 0 Å². The standard InChI is InChI=1S/C48H35N3O/c1-49-48(51-47(50-31-32-11-3-2-4-12-32)40-26-22-34-14-6-8-16-38(34)30-40)43-28-27-41(46-45(43)42-17-9-10-18-44(42)52-46)36-23-19-35(20-24-36)39-25-21-33-13-5-7-15-37(33)29-39/h2-30,48H,1,31H2,(H,50,51). The lowest BCUT2D eigenvalue weighted by molar-refractivity contribution is 0.665. The van der Waals surface area contributed by atoms with Crippen LogP contribution in [0.5, 0.6) is 0 Å². The summed E-state index contributed by atoms with van der Waals surface area (Å²) in [4.78, 5) is 9.79. The highest BCUT2D eigenvalue weighted by atomic mass is 16.3. The highest BCUT2D eigenvalue weighted by Crippen LogP contribution is 2.41. The first-order chi connectivity index (χ1) is 25.7. The maximum Gasteiger partial charge on any atom is 0.145 e. The van der Waals surface area contributed by atoms with E-state index < -0.39 is 6.17 Å². The van der Waals surface area contributed by atoms with Gasteiger partial charge >= 0.3 is 0 Å². The molecule has 4 heteroatoms. The largest absolute Gasteiger partial charge is 0.455 e. The summed E-state index contributed by atoms with van der Waals surface area (Å²) in [5.74, 6) is 0.751. The van der Waals surface area contributed by atoms with Crippen LogP contribution in [0.3, 0.4) is 0 Å². The molecule has 0 saturated heterocycles. The molecule has 0 fully saturated rings. The Labute approximate surface area is 302 Å². The second kappa shape index (κ2) is 13.5. The molecule has 0 bridgehead atoms. The molecule has 9 rings (SSSR count). The number of amidine groups is 1. The summed E-state index contributed by atoms with van der Waals surface area (Å²) in [7, 11) is 0. The Morgan fingerprint density at radius 3 is 1.98 bits per heavy atom. The fourth-order valence-corrected chi connectivity index (χ4v) is 7.18. The molecular weight excluding hydrogens is 635 g/mol. The lowest BCUT2D eigenvalue weighted by Crippen LogP contribution is -2.28. The Bertz CT molecular complexity index is 2760. The zero-order chi connectivity index (χ0) is 34.9. The summed E-state index contributed by atoms with van der Waals surface area (Å²) in [6.07, 6.45) is -0.492. The van der Waals surface area contributed by atoms with E-state index in [1.165, 1.54) is 27.3 Å². The monoisotopic (exact) mass is 669 g/mol. The van der Waals surface area contributed by atoms with Crippen LogP contribution in [0.2, 0.25) is 0 Å². The molecule has 0 spiro atoms. The van der Waals surface area contributed by atoms with Gasteiger partial charge in [0.2, 0.25) is 0 Å². The van der Waals surface area contributed by atoms with Crippen molar-refractivity contribution in [1.29, 1.82) is 0 Å². The maximum absolute atomic E-state index is 6.66. The molecule has 248 valence electrons. The van der Waals surface area contributed by atoms with Crippen molar-refractivity contribution in [3.63, 3.8) is 0 Å². The van der Waals surface area contributed by atoms with Crippen LogP contribution < -0.4 is 5.32 Å². The van der Waals surface area contributed by atoms with Crippen LogP contribution >= 0.6 is 0 Å². The lowest BCUT2D eigenvalue weighted by Gasteiger charge is -2.20. The Hall–Kier alpha value is -6.78. The van der Waals surface area contributed by atoms with Crippen molar-refractivity contribution >= 4 is 56.0 Å². The number of hydrogen-bond donors (Lipinski definition) is 1. The van der Waals surface area contributed by atoms with Gasteiger partial charge in [0.25, 0.3) is 0 Å². The third-order valence-corrected chi connectivity index (χ3v) is 9.87. The summed E-state index contributed by atoms with van der Waals surface area (Å²) in [6, 6.07) is 61.5. The lowest BCUT2D eigenvalue weighted by atomic mass is 9.95. The van der Waals surface area contributed by atoms with Crippen molar-refractivity contribution in [3.05, 3.63) is 193 Å². The summed E-state index contributed by atoms with van der Waals surface area (Å²) in [5.41, 5.74) is 9.20. The summed E-state index contributed by atoms with van der Waals surface area (Å²) in [6.45, 7) is 4.59. The zero-order valence-corrected chi connectivity index (χ0v) is 28.5. The number of fused-ring (bicyclic) bond motifs is 5. The van der Waals surface area contributed by atoms with Gasteiger partial charge in [-0.2, -0.15) is 0 Å². The molecule has 1 heterocycles. The highest BCUT2D eigenvalue weighted by molar-refractivity contribution is 6.12. The van der Waals surface area contributed by atoms with E-state index in [2.05, 4.69) is 163 Å². The van der Waals surface area contributed by atoms with Gasteiger partial charge in [-0.3, -0.25) is 9.98 Å². The van der Waals surface area contributed by atoms with E-state index in [1.807, 2.05) is 30.3 Å². The van der Waals surface area contributed by atoms with Crippen molar-refractivity contribution in [2.75, 3.05) is 0 Å². The minimum atomic E-state index is -0.492. The van der Waals surface area contributed by atoms with E-state index in [0.717, 1.165) is 61.0 Å². The van der Waals surface area contributed by atoms with Crippen molar-refractivity contribution in [3.8, 4) is 22.3 Å². The second-order valence-corrected chi connectivity index (χ2v) is 13.1. The van der Waals surface area contributed by atoms with Crippen molar-refractivity contribution in [2.24, 2.45) is 9.98 Å². The van der Waals surface area contributed by atoms with Crippen molar-refractivity contribution in [2.45, 2.75) is 12.7 Å². The molecule has 52 heavy (non-hydrogen) atoms. The first-order valence-corrected chi connectivity index (χ1v) is 17.6. The molecule has 0 aliphatic heterocycles. The van der Waals surface area contributed by atoms with Gasteiger partial charge < -0.3 is 9.73 Å². The van der Waals surface area contributed by atoms with Crippen LogP contribution in [0.15, 0.2) is 190 Å². The number of para-hydroxylation sites is 1. The number of furan rings is 1.